The molecule has 0 aliphatic rings. The highest BCUT2D eigenvalue weighted by Crippen LogP contribution is 2.28. The van der Waals surface area contributed by atoms with Crippen LogP contribution in [-0.2, 0) is 0 Å². The number of hydrogen-bond donors (Lipinski definition) is 0. The first-order valence-corrected chi connectivity index (χ1v) is 6.75. The van der Waals surface area contributed by atoms with Gasteiger partial charge in [0.1, 0.15) is 6.61 Å². The van der Waals surface area contributed by atoms with Crippen LogP contribution in [0.15, 0.2) is 53.5 Å². The van der Waals surface area contributed by atoms with Crippen LogP contribution in [0.5, 0.6) is 11.5 Å². The molecule has 0 heterocycles. The lowest BCUT2D eigenvalue weighted by molar-refractivity contribution is 0.299. The summed E-state index contributed by atoms with van der Waals surface area (Å²) in [4.78, 5) is 4.42. The monoisotopic (exact) mass is 279 g/mol. The van der Waals surface area contributed by atoms with Crippen LogP contribution in [0.2, 0.25) is 0 Å². The summed E-state index contributed by atoms with van der Waals surface area (Å²) >= 11 is 0. The van der Waals surface area contributed by atoms with E-state index in [9.17, 15) is 0 Å². The number of benzene rings is 2. The van der Waals surface area contributed by atoms with E-state index < -0.39 is 0 Å². The predicted octanol–water partition coefficient (Wildman–Crippen LogP) is 3.85. The molecule has 0 spiro atoms. The van der Waals surface area contributed by atoms with Crippen molar-refractivity contribution in [3.8, 4) is 23.8 Å². The van der Waals surface area contributed by atoms with Crippen molar-refractivity contribution in [2.45, 2.75) is 6.92 Å². The smallest absolute Gasteiger partial charge is 0.162 e. The fraction of sp³-hybridized carbons (Fsp3) is 0.167. The Hall–Kier alpha value is -2.73. The van der Waals surface area contributed by atoms with E-state index in [2.05, 4.69) is 10.9 Å². The van der Waals surface area contributed by atoms with Gasteiger partial charge in [0.05, 0.1) is 12.3 Å². The summed E-state index contributed by atoms with van der Waals surface area (Å²) in [5.41, 5.74) is 1.85. The number of hydrogen-bond acceptors (Lipinski definition) is 3. The van der Waals surface area contributed by atoms with Crippen molar-refractivity contribution in [1.82, 2.24) is 0 Å². The van der Waals surface area contributed by atoms with Gasteiger partial charge in [0.25, 0.3) is 0 Å². The van der Waals surface area contributed by atoms with Crippen molar-refractivity contribution in [2.24, 2.45) is 4.99 Å². The van der Waals surface area contributed by atoms with Gasteiger partial charge in [0.15, 0.2) is 11.5 Å². The minimum atomic E-state index is 0.220. The second-order valence-electron chi connectivity index (χ2n) is 4.23. The van der Waals surface area contributed by atoms with Crippen LogP contribution in [-0.4, -0.2) is 19.4 Å². The van der Waals surface area contributed by atoms with Crippen molar-refractivity contribution in [1.29, 1.82) is 0 Å². The van der Waals surface area contributed by atoms with Gasteiger partial charge in [-0.25, -0.2) is 0 Å². The standard InChI is InChI=1S/C18H17NO2/c1-3-12-21-17-11-10-15(13-18(17)20-4-2)14-19-16-8-6-5-7-9-16/h1,5-11,13-14H,4,12H2,2H3. The Labute approximate surface area is 125 Å². The molecule has 0 N–H and O–H groups in total. The van der Waals surface area contributed by atoms with E-state index in [1.165, 1.54) is 0 Å². The highest BCUT2D eigenvalue weighted by Gasteiger charge is 2.05. The fourth-order valence-corrected chi connectivity index (χ4v) is 1.78. The molecule has 0 atom stereocenters. The average Bonchev–Trinajstić information content (AvgIpc) is 2.53. The molecule has 0 radical (unpaired) electrons. The molecule has 0 aromatic heterocycles. The van der Waals surface area contributed by atoms with E-state index in [0.717, 1.165) is 11.3 Å². The lowest BCUT2D eigenvalue weighted by Crippen LogP contribution is -1.99. The summed E-state index contributed by atoms with van der Waals surface area (Å²) in [6.45, 7) is 2.71. The fourth-order valence-electron chi connectivity index (χ4n) is 1.78. The minimum Gasteiger partial charge on any atom is -0.490 e. The van der Waals surface area contributed by atoms with E-state index in [4.69, 9.17) is 15.9 Å². The summed E-state index contributed by atoms with van der Waals surface area (Å²) < 4.78 is 11.0. The molecule has 2 rings (SSSR count). The van der Waals surface area contributed by atoms with E-state index in [0.29, 0.717) is 18.1 Å². The van der Waals surface area contributed by atoms with Crippen molar-refractivity contribution in [3.05, 3.63) is 54.1 Å². The number of aliphatic imine (C=N–C) groups is 1. The molecule has 106 valence electrons. The third kappa shape index (κ3) is 4.39. The number of ether oxygens (including phenoxy) is 2. The molecule has 3 nitrogen and oxygen atoms in total. The first-order valence-electron chi connectivity index (χ1n) is 6.75. The van der Waals surface area contributed by atoms with Crippen LogP contribution in [0.4, 0.5) is 5.69 Å². The molecule has 3 heteroatoms. The zero-order chi connectivity index (χ0) is 14.9. The molecule has 0 amide bonds. The van der Waals surface area contributed by atoms with Gasteiger partial charge in [-0.1, -0.05) is 24.1 Å². The quantitative estimate of drug-likeness (QED) is 0.594. The number of nitrogens with zero attached hydrogens (tertiary/aromatic N) is 1. The van der Waals surface area contributed by atoms with Crippen molar-refractivity contribution in [3.63, 3.8) is 0 Å². The predicted molar refractivity (Wildman–Crippen MR) is 85.6 cm³/mol. The van der Waals surface area contributed by atoms with E-state index in [-0.39, 0.29) is 6.61 Å². The van der Waals surface area contributed by atoms with E-state index in [1.807, 2.05) is 55.5 Å². The molecular weight excluding hydrogens is 262 g/mol. The maximum Gasteiger partial charge on any atom is 0.162 e. The van der Waals surface area contributed by atoms with Crippen molar-refractivity contribution in [2.75, 3.05) is 13.2 Å². The number of para-hydroxylation sites is 1. The number of terminal acetylenes is 1. The third-order valence-electron chi connectivity index (χ3n) is 2.70. The van der Waals surface area contributed by atoms with Gasteiger partial charge in [0.2, 0.25) is 0 Å². The Morgan fingerprint density at radius 2 is 1.90 bits per heavy atom. The molecule has 0 fully saturated rings. The van der Waals surface area contributed by atoms with Crippen LogP contribution in [0.3, 0.4) is 0 Å². The second kappa shape index (κ2) is 7.76. The Bertz CT molecular complexity index is 642. The third-order valence-corrected chi connectivity index (χ3v) is 2.70. The van der Waals surface area contributed by atoms with Crippen molar-refractivity contribution < 1.29 is 9.47 Å². The molecule has 0 bridgehead atoms. The van der Waals surface area contributed by atoms with Crippen LogP contribution < -0.4 is 9.47 Å². The van der Waals surface area contributed by atoms with Gasteiger partial charge in [-0.15, -0.1) is 6.42 Å². The van der Waals surface area contributed by atoms with Gasteiger partial charge in [-0.2, -0.15) is 0 Å². The van der Waals surface area contributed by atoms with Gasteiger partial charge < -0.3 is 9.47 Å². The van der Waals surface area contributed by atoms with Gasteiger partial charge >= 0.3 is 0 Å². The summed E-state index contributed by atoms with van der Waals surface area (Å²) in [6.07, 6.45) is 7.00. The molecular formula is C18H17NO2. The Morgan fingerprint density at radius 3 is 2.62 bits per heavy atom. The second-order valence-corrected chi connectivity index (χ2v) is 4.23. The molecule has 0 aliphatic heterocycles. The van der Waals surface area contributed by atoms with Crippen LogP contribution >= 0.6 is 0 Å². The van der Waals surface area contributed by atoms with Crippen LogP contribution in [0, 0.1) is 12.3 Å². The van der Waals surface area contributed by atoms with E-state index >= 15 is 0 Å². The van der Waals surface area contributed by atoms with Gasteiger partial charge in [-0.3, -0.25) is 4.99 Å². The van der Waals surface area contributed by atoms with Gasteiger partial charge in [-0.05, 0) is 42.8 Å². The number of rotatable bonds is 6. The normalized spacial score (nSPS) is 10.3. The summed E-state index contributed by atoms with van der Waals surface area (Å²) in [6, 6.07) is 15.4. The molecule has 2 aromatic rings. The SMILES string of the molecule is C#CCOc1ccc(C=Nc2ccccc2)cc1OCC. The van der Waals surface area contributed by atoms with Crippen molar-refractivity contribution >= 4 is 11.9 Å². The molecule has 0 unspecified atom stereocenters. The lowest BCUT2D eigenvalue weighted by atomic mass is 10.2. The average molecular weight is 279 g/mol. The molecule has 0 saturated carbocycles. The van der Waals surface area contributed by atoms with Crippen LogP contribution in [0.25, 0.3) is 0 Å². The molecule has 0 aliphatic carbocycles. The molecule has 2 aromatic carbocycles. The molecule has 21 heavy (non-hydrogen) atoms. The topological polar surface area (TPSA) is 30.8 Å². The maximum atomic E-state index is 5.57. The highest BCUT2D eigenvalue weighted by molar-refractivity contribution is 5.83. The first-order chi connectivity index (χ1) is 10.3. The van der Waals surface area contributed by atoms with Gasteiger partial charge in [0, 0.05) is 6.21 Å². The minimum absolute atomic E-state index is 0.220. The Balaban J connectivity index is 2.19. The largest absolute Gasteiger partial charge is 0.490 e. The van der Waals surface area contributed by atoms with E-state index in [1.54, 1.807) is 6.21 Å². The zero-order valence-corrected chi connectivity index (χ0v) is 12.0. The Kier molecular flexibility index (Phi) is 5.42. The van der Waals surface area contributed by atoms with Crippen LogP contribution in [0.1, 0.15) is 12.5 Å². The lowest BCUT2D eigenvalue weighted by Gasteiger charge is -2.10. The highest BCUT2D eigenvalue weighted by atomic mass is 16.5. The molecule has 0 saturated heterocycles. The first kappa shape index (κ1) is 14.7. The Morgan fingerprint density at radius 1 is 1.10 bits per heavy atom. The summed E-state index contributed by atoms with van der Waals surface area (Å²) in [7, 11) is 0. The zero-order valence-electron chi connectivity index (χ0n) is 12.0. The summed E-state index contributed by atoms with van der Waals surface area (Å²) in [5, 5.41) is 0. The maximum absolute atomic E-state index is 5.57. The summed E-state index contributed by atoms with van der Waals surface area (Å²) in [5.74, 6) is 3.76.